The molecule has 0 radical (unpaired) electrons. The summed E-state index contributed by atoms with van der Waals surface area (Å²) in [5.41, 5.74) is -0.0208. The summed E-state index contributed by atoms with van der Waals surface area (Å²) in [5, 5.41) is 12.4. The fraction of sp³-hybridized carbons (Fsp3) is 0.533. The van der Waals surface area contributed by atoms with Crippen LogP contribution < -0.4 is 20.1 Å². The molecule has 10 heteroatoms. The van der Waals surface area contributed by atoms with Crippen molar-refractivity contribution in [3.63, 3.8) is 0 Å². The lowest BCUT2D eigenvalue weighted by Crippen LogP contribution is -2.48. The van der Waals surface area contributed by atoms with Crippen molar-refractivity contribution in [2.75, 3.05) is 18.4 Å². The van der Waals surface area contributed by atoms with Gasteiger partial charge in [-0.1, -0.05) is 13.8 Å². The molecule has 3 N–H and O–H groups in total. The fourth-order valence-electron chi connectivity index (χ4n) is 2.63. The monoisotopic (exact) mass is 354 g/mol. The number of hydrogen-bond acceptors (Lipinski definition) is 7. The molecule has 25 heavy (non-hydrogen) atoms. The zero-order valence-corrected chi connectivity index (χ0v) is 13.9. The average molecular weight is 354 g/mol. The van der Waals surface area contributed by atoms with Crippen LogP contribution in [0.2, 0.25) is 0 Å². The molecule has 0 aliphatic carbocycles. The molecule has 0 spiro atoms. The van der Waals surface area contributed by atoms with E-state index in [1.54, 1.807) is 6.20 Å². The van der Waals surface area contributed by atoms with Crippen molar-refractivity contribution < 1.29 is 18.3 Å². The molecule has 1 atom stereocenters. The Morgan fingerprint density at radius 1 is 1.32 bits per heavy atom. The number of nitrogens with zero attached hydrogens (tertiary/aromatic N) is 3. The van der Waals surface area contributed by atoms with Gasteiger partial charge < -0.3 is 20.1 Å². The van der Waals surface area contributed by atoms with E-state index in [-0.39, 0.29) is 23.2 Å². The number of rotatable bonds is 6. The molecule has 2 aromatic heterocycles. The van der Waals surface area contributed by atoms with Gasteiger partial charge in [-0.3, -0.25) is 4.98 Å². The van der Waals surface area contributed by atoms with Gasteiger partial charge in [0.25, 0.3) is 0 Å². The standard InChI is InChI=1S/C15H20F2N6O2/c1-15(2)8-18-4-3-9(15)24-13-7-19-6-11(21-13)20-10-5-12(23-22-10)25-14(16)17/h5-7,9,14,18H,3-4,8H2,1-2H3,(H2,20,21,22,23)/t9-/m1/s1. The third-order valence-electron chi connectivity index (χ3n) is 3.94. The van der Waals surface area contributed by atoms with Crippen LogP contribution in [0.25, 0.3) is 0 Å². The number of ether oxygens (including phenoxy) is 2. The molecule has 8 nitrogen and oxygen atoms in total. The highest BCUT2D eigenvalue weighted by Gasteiger charge is 2.34. The topological polar surface area (TPSA) is 97.0 Å². The summed E-state index contributed by atoms with van der Waals surface area (Å²) in [4.78, 5) is 8.43. The van der Waals surface area contributed by atoms with E-state index in [4.69, 9.17) is 4.74 Å². The van der Waals surface area contributed by atoms with Crippen LogP contribution in [0, 0.1) is 5.41 Å². The van der Waals surface area contributed by atoms with Gasteiger partial charge in [0.2, 0.25) is 11.8 Å². The van der Waals surface area contributed by atoms with E-state index in [0.717, 1.165) is 19.5 Å². The fourth-order valence-corrected chi connectivity index (χ4v) is 2.63. The van der Waals surface area contributed by atoms with Crippen molar-refractivity contribution in [2.24, 2.45) is 5.41 Å². The minimum atomic E-state index is -2.92. The summed E-state index contributed by atoms with van der Waals surface area (Å²) in [6.07, 6.45) is 3.93. The SMILES string of the molecule is CC1(C)CNCC[C@H]1Oc1cncc(Nc2cc(OC(F)F)[nH]n2)n1. The number of alkyl halides is 2. The number of anilines is 2. The van der Waals surface area contributed by atoms with Crippen LogP contribution in [0.4, 0.5) is 20.4 Å². The van der Waals surface area contributed by atoms with Crippen molar-refractivity contribution in [1.29, 1.82) is 0 Å². The zero-order chi connectivity index (χ0) is 17.9. The number of H-pyrrole nitrogens is 1. The van der Waals surface area contributed by atoms with Crippen molar-refractivity contribution in [1.82, 2.24) is 25.5 Å². The minimum absolute atomic E-state index is 0.0208. The largest absolute Gasteiger partial charge is 0.473 e. The molecule has 0 bridgehead atoms. The lowest BCUT2D eigenvalue weighted by Gasteiger charge is -2.38. The summed E-state index contributed by atoms with van der Waals surface area (Å²) in [5.74, 6) is 0.919. The van der Waals surface area contributed by atoms with Crippen LogP contribution in [0.3, 0.4) is 0 Å². The first-order valence-electron chi connectivity index (χ1n) is 7.89. The van der Waals surface area contributed by atoms with E-state index < -0.39 is 6.61 Å². The Balaban J connectivity index is 1.66. The smallest absolute Gasteiger partial charge is 0.388 e. The van der Waals surface area contributed by atoms with E-state index in [9.17, 15) is 8.78 Å². The van der Waals surface area contributed by atoms with Gasteiger partial charge in [-0.15, -0.1) is 0 Å². The summed E-state index contributed by atoms with van der Waals surface area (Å²) in [7, 11) is 0. The van der Waals surface area contributed by atoms with Crippen molar-refractivity contribution in [3.8, 4) is 11.8 Å². The molecule has 3 heterocycles. The molecule has 2 aromatic rings. The van der Waals surface area contributed by atoms with E-state index in [1.807, 2.05) is 0 Å². The number of halogens is 2. The van der Waals surface area contributed by atoms with Gasteiger partial charge in [0.15, 0.2) is 11.6 Å². The summed E-state index contributed by atoms with van der Waals surface area (Å²) >= 11 is 0. The van der Waals surface area contributed by atoms with E-state index in [2.05, 4.69) is 49.4 Å². The van der Waals surface area contributed by atoms with Crippen molar-refractivity contribution >= 4 is 11.6 Å². The third kappa shape index (κ3) is 4.53. The van der Waals surface area contributed by atoms with Gasteiger partial charge in [-0.05, 0) is 13.0 Å². The first-order chi connectivity index (χ1) is 11.9. The predicted molar refractivity (Wildman–Crippen MR) is 86.2 cm³/mol. The summed E-state index contributed by atoms with van der Waals surface area (Å²) in [6, 6.07) is 1.30. The molecule has 136 valence electrons. The predicted octanol–water partition coefficient (Wildman–Crippen LogP) is 2.31. The second-order valence-corrected chi connectivity index (χ2v) is 6.42. The number of nitrogens with one attached hydrogen (secondary N) is 3. The molecular weight excluding hydrogens is 334 g/mol. The maximum absolute atomic E-state index is 12.2. The molecule has 0 aromatic carbocycles. The summed E-state index contributed by atoms with van der Waals surface area (Å²) < 4.78 is 34.5. The highest BCUT2D eigenvalue weighted by Crippen LogP contribution is 2.29. The van der Waals surface area contributed by atoms with Gasteiger partial charge in [0.1, 0.15) is 6.10 Å². The number of aromatic nitrogens is 4. The Morgan fingerprint density at radius 2 is 2.16 bits per heavy atom. The highest BCUT2D eigenvalue weighted by molar-refractivity contribution is 5.51. The Bertz CT molecular complexity index is 709. The Kier molecular flexibility index (Phi) is 4.98. The lowest BCUT2D eigenvalue weighted by atomic mass is 9.82. The van der Waals surface area contributed by atoms with Gasteiger partial charge >= 0.3 is 6.61 Å². The highest BCUT2D eigenvalue weighted by atomic mass is 19.3. The molecule has 1 fully saturated rings. The lowest BCUT2D eigenvalue weighted by molar-refractivity contribution is -0.0528. The molecule has 0 amide bonds. The van der Waals surface area contributed by atoms with Crippen LogP contribution >= 0.6 is 0 Å². The van der Waals surface area contributed by atoms with Gasteiger partial charge in [0, 0.05) is 18.0 Å². The van der Waals surface area contributed by atoms with Crippen molar-refractivity contribution in [2.45, 2.75) is 33.0 Å². The molecule has 1 aliphatic heterocycles. The zero-order valence-electron chi connectivity index (χ0n) is 13.9. The Hall–Kier alpha value is -2.49. The number of aromatic amines is 1. The van der Waals surface area contributed by atoms with Crippen LogP contribution in [-0.4, -0.2) is 46.0 Å². The third-order valence-corrected chi connectivity index (χ3v) is 3.94. The van der Waals surface area contributed by atoms with E-state index in [1.165, 1.54) is 12.3 Å². The van der Waals surface area contributed by atoms with Crippen LogP contribution in [0.15, 0.2) is 18.5 Å². The van der Waals surface area contributed by atoms with E-state index in [0.29, 0.717) is 11.7 Å². The molecular formula is C15H20F2N6O2. The molecule has 0 unspecified atom stereocenters. The first-order valence-corrected chi connectivity index (χ1v) is 7.89. The minimum Gasteiger partial charge on any atom is -0.473 e. The summed E-state index contributed by atoms with van der Waals surface area (Å²) in [6.45, 7) is 3.10. The average Bonchev–Trinajstić information content (AvgIpc) is 2.96. The van der Waals surface area contributed by atoms with Gasteiger partial charge in [-0.2, -0.15) is 18.9 Å². The van der Waals surface area contributed by atoms with Gasteiger partial charge in [0.05, 0.1) is 12.4 Å². The maximum Gasteiger partial charge on any atom is 0.388 e. The number of hydrogen-bond donors (Lipinski definition) is 3. The van der Waals surface area contributed by atoms with Crippen LogP contribution in [0.5, 0.6) is 11.8 Å². The second kappa shape index (κ2) is 7.18. The first kappa shape index (κ1) is 17.3. The number of piperidine rings is 1. The normalized spacial score (nSPS) is 19.6. The Morgan fingerprint density at radius 3 is 2.92 bits per heavy atom. The van der Waals surface area contributed by atoms with Crippen molar-refractivity contribution in [3.05, 3.63) is 18.5 Å². The van der Waals surface area contributed by atoms with Crippen LogP contribution in [-0.2, 0) is 0 Å². The molecule has 0 saturated carbocycles. The quantitative estimate of drug-likeness (QED) is 0.732. The van der Waals surface area contributed by atoms with Gasteiger partial charge in [-0.25, -0.2) is 5.10 Å². The van der Waals surface area contributed by atoms with E-state index >= 15 is 0 Å². The molecule has 1 saturated heterocycles. The van der Waals surface area contributed by atoms with Crippen LogP contribution in [0.1, 0.15) is 20.3 Å². The Labute approximate surface area is 143 Å². The molecule has 1 aliphatic rings. The second-order valence-electron chi connectivity index (χ2n) is 6.42. The maximum atomic E-state index is 12.2. The molecule has 3 rings (SSSR count).